The largest absolute Gasteiger partial charge is 0.0843 e. The summed E-state index contributed by atoms with van der Waals surface area (Å²) < 4.78 is 0. The second-order valence-corrected chi connectivity index (χ2v) is 8.31. The van der Waals surface area contributed by atoms with Gasteiger partial charge in [0.15, 0.2) is 0 Å². The Hall–Kier alpha value is -1.27. The van der Waals surface area contributed by atoms with Gasteiger partial charge in [0.2, 0.25) is 0 Å². The van der Waals surface area contributed by atoms with Gasteiger partial charge in [-0.1, -0.05) is 103 Å². The van der Waals surface area contributed by atoms with Crippen molar-refractivity contribution >= 4 is 11.6 Å². The highest BCUT2D eigenvalue weighted by atomic mass is 35.5. The Balaban J connectivity index is 0.000000403. The summed E-state index contributed by atoms with van der Waals surface area (Å²) in [5.41, 5.74) is 4.57. The van der Waals surface area contributed by atoms with E-state index in [4.69, 9.17) is 11.6 Å². The van der Waals surface area contributed by atoms with Crippen LogP contribution in [0.1, 0.15) is 65.7 Å². The Bertz CT molecular complexity index is 508. The molecule has 0 atom stereocenters. The fraction of sp³-hybridized carbons (Fsp3) is 0.455. The molecular weight excluding hydrogens is 300 g/mol. The maximum absolute atomic E-state index is 5.76. The molecule has 0 aliphatic rings. The summed E-state index contributed by atoms with van der Waals surface area (Å²) in [4.78, 5) is 0. The molecule has 0 radical (unpaired) electrons. The molecule has 2 aromatic rings. The van der Waals surface area contributed by atoms with E-state index in [-0.39, 0.29) is 18.3 Å². The van der Waals surface area contributed by atoms with Crippen molar-refractivity contribution in [1.82, 2.24) is 0 Å². The van der Waals surface area contributed by atoms with Gasteiger partial charge in [-0.2, -0.15) is 0 Å². The van der Waals surface area contributed by atoms with Crippen molar-refractivity contribution in [3.05, 3.63) is 70.2 Å². The minimum atomic E-state index is 0. The number of rotatable bonds is 0. The van der Waals surface area contributed by atoms with E-state index < -0.39 is 0 Å². The molecule has 0 bridgehead atoms. The third kappa shape index (κ3) is 7.70. The summed E-state index contributed by atoms with van der Waals surface area (Å²) in [5.74, 6) is 0. The number of hydrogen-bond donors (Lipinski definition) is 0. The third-order valence-corrected chi connectivity index (χ3v) is 3.88. The van der Waals surface area contributed by atoms with Crippen molar-refractivity contribution in [2.75, 3.05) is 0 Å². The van der Waals surface area contributed by atoms with Crippen molar-refractivity contribution in [2.45, 2.75) is 66.7 Å². The van der Waals surface area contributed by atoms with Crippen LogP contribution in [0, 0.1) is 6.92 Å². The highest BCUT2D eigenvalue weighted by Crippen LogP contribution is 2.23. The van der Waals surface area contributed by atoms with Gasteiger partial charge in [-0.15, -0.1) is 0 Å². The minimum absolute atomic E-state index is 0. The van der Waals surface area contributed by atoms with Gasteiger partial charge in [0.05, 0.1) is 0 Å². The molecule has 0 unspecified atom stereocenters. The van der Waals surface area contributed by atoms with E-state index in [1.807, 2.05) is 12.1 Å². The molecule has 0 spiro atoms. The van der Waals surface area contributed by atoms with Gasteiger partial charge in [0, 0.05) is 5.02 Å². The van der Waals surface area contributed by atoms with Gasteiger partial charge in [-0.05, 0) is 41.0 Å². The van der Waals surface area contributed by atoms with E-state index in [2.05, 4.69) is 84.9 Å². The highest BCUT2D eigenvalue weighted by Gasteiger charge is 2.12. The van der Waals surface area contributed by atoms with Crippen LogP contribution in [0.5, 0.6) is 0 Å². The van der Waals surface area contributed by atoms with Crippen LogP contribution < -0.4 is 0 Å². The molecule has 23 heavy (non-hydrogen) atoms. The van der Waals surface area contributed by atoms with Crippen LogP contribution in [0.25, 0.3) is 0 Å². The zero-order valence-electron chi connectivity index (χ0n) is 15.0. The fourth-order valence-electron chi connectivity index (χ4n) is 2.00. The molecule has 0 nitrogen and oxygen atoms in total. The van der Waals surface area contributed by atoms with Crippen LogP contribution in [-0.4, -0.2) is 0 Å². The first-order chi connectivity index (χ1) is 10.00. The average molecular weight is 333 g/mol. The normalized spacial score (nSPS) is 11.1. The van der Waals surface area contributed by atoms with E-state index in [1.54, 1.807) is 0 Å². The van der Waals surface area contributed by atoms with E-state index in [9.17, 15) is 0 Å². The average Bonchev–Trinajstić information content (AvgIpc) is 2.38. The fourth-order valence-corrected chi connectivity index (χ4v) is 2.13. The number of hydrogen-bond acceptors (Lipinski definition) is 0. The smallest absolute Gasteiger partial charge is 0.0406 e. The SMILES string of the molecule is C.CC(C)(C)c1ccc(Cl)cc1.Cc1ccc(C(C)(C)C)cc1. The van der Waals surface area contributed by atoms with Crippen LogP contribution in [0.2, 0.25) is 5.02 Å². The molecule has 0 N–H and O–H groups in total. The second-order valence-electron chi connectivity index (χ2n) is 7.87. The van der Waals surface area contributed by atoms with E-state index in [0.29, 0.717) is 0 Å². The molecule has 0 heterocycles. The Morgan fingerprint density at radius 3 is 1.22 bits per heavy atom. The first-order valence-corrected chi connectivity index (χ1v) is 8.21. The Kier molecular flexibility index (Phi) is 8.07. The quantitative estimate of drug-likeness (QED) is 0.466. The van der Waals surface area contributed by atoms with Crippen LogP contribution in [0.15, 0.2) is 48.5 Å². The molecule has 128 valence electrons. The summed E-state index contributed by atoms with van der Waals surface area (Å²) in [7, 11) is 0. The summed E-state index contributed by atoms with van der Waals surface area (Å²) in [6, 6.07) is 16.8. The van der Waals surface area contributed by atoms with Crippen molar-refractivity contribution in [3.8, 4) is 0 Å². The van der Waals surface area contributed by atoms with Gasteiger partial charge in [-0.3, -0.25) is 0 Å². The van der Waals surface area contributed by atoms with E-state index in [1.165, 1.54) is 16.7 Å². The van der Waals surface area contributed by atoms with Gasteiger partial charge >= 0.3 is 0 Å². The van der Waals surface area contributed by atoms with E-state index >= 15 is 0 Å². The second kappa shape index (κ2) is 8.55. The molecule has 0 saturated carbocycles. The highest BCUT2D eigenvalue weighted by molar-refractivity contribution is 6.30. The number of benzene rings is 2. The number of halogens is 1. The molecule has 2 rings (SSSR count). The predicted octanol–water partition coefficient (Wildman–Crippen LogP) is 7.57. The lowest BCUT2D eigenvalue weighted by Gasteiger charge is -2.18. The van der Waals surface area contributed by atoms with Gasteiger partial charge in [0.1, 0.15) is 0 Å². The van der Waals surface area contributed by atoms with Crippen LogP contribution in [-0.2, 0) is 10.8 Å². The number of aryl methyl sites for hydroxylation is 1. The monoisotopic (exact) mass is 332 g/mol. The lowest BCUT2D eigenvalue weighted by Crippen LogP contribution is -2.10. The third-order valence-electron chi connectivity index (χ3n) is 3.63. The zero-order valence-corrected chi connectivity index (χ0v) is 15.8. The molecular formula is C22H33Cl. The predicted molar refractivity (Wildman–Crippen MR) is 107 cm³/mol. The molecule has 0 aliphatic carbocycles. The molecule has 0 fully saturated rings. The maximum atomic E-state index is 5.76. The standard InChI is InChI=1S/C11H16.C10H13Cl.CH4/c1-9-5-7-10(8-6-9)11(2,3)4;1-10(2,3)8-4-6-9(11)7-5-8;/h5-8H,1-4H3;4-7H,1-3H3;1H4. The summed E-state index contributed by atoms with van der Waals surface area (Å²) >= 11 is 5.76. The van der Waals surface area contributed by atoms with Crippen molar-refractivity contribution < 1.29 is 0 Å². The Morgan fingerprint density at radius 2 is 0.913 bits per heavy atom. The van der Waals surface area contributed by atoms with Crippen molar-refractivity contribution in [1.29, 1.82) is 0 Å². The lowest BCUT2D eigenvalue weighted by atomic mass is 9.87. The summed E-state index contributed by atoms with van der Waals surface area (Å²) in [6.45, 7) is 15.4. The van der Waals surface area contributed by atoms with Gasteiger partial charge < -0.3 is 0 Å². The van der Waals surface area contributed by atoms with E-state index in [0.717, 1.165) is 5.02 Å². The first-order valence-electron chi connectivity index (χ1n) is 7.83. The molecule has 0 aliphatic heterocycles. The molecule has 1 heteroatoms. The topological polar surface area (TPSA) is 0 Å². The maximum Gasteiger partial charge on any atom is 0.0406 e. The zero-order chi connectivity index (χ0) is 17.0. The molecule has 0 amide bonds. The van der Waals surface area contributed by atoms with Gasteiger partial charge in [0.25, 0.3) is 0 Å². The molecule has 0 aromatic heterocycles. The molecule has 0 saturated heterocycles. The van der Waals surface area contributed by atoms with Crippen LogP contribution in [0.4, 0.5) is 0 Å². The Morgan fingerprint density at radius 1 is 0.609 bits per heavy atom. The Labute approximate surface area is 148 Å². The lowest BCUT2D eigenvalue weighted by molar-refractivity contribution is 0.590. The van der Waals surface area contributed by atoms with Crippen LogP contribution >= 0.6 is 11.6 Å². The molecule has 2 aromatic carbocycles. The minimum Gasteiger partial charge on any atom is -0.0843 e. The first kappa shape index (κ1) is 21.7. The van der Waals surface area contributed by atoms with Crippen molar-refractivity contribution in [3.63, 3.8) is 0 Å². The summed E-state index contributed by atoms with van der Waals surface area (Å²) in [6.07, 6.45) is 0. The van der Waals surface area contributed by atoms with Crippen molar-refractivity contribution in [2.24, 2.45) is 0 Å². The van der Waals surface area contributed by atoms with Gasteiger partial charge in [-0.25, -0.2) is 0 Å². The van der Waals surface area contributed by atoms with Crippen LogP contribution in [0.3, 0.4) is 0 Å². The summed E-state index contributed by atoms with van der Waals surface area (Å²) in [5, 5.41) is 0.804.